The summed E-state index contributed by atoms with van der Waals surface area (Å²) in [5.74, 6) is -1.72. The summed E-state index contributed by atoms with van der Waals surface area (Å²) in [6.07, 6.45) is 42.3. The van der Waals surface area contributed by atoms with Crippen LogP contribution in [0.15, 0.2) is 12.2 Å². The summed E-state index contributed by atoms with van der Waals surface area (Å²) < 4.78 is 17.2. The molecule has 8 heteroatoms. The molecule has 0 N–H and O–H groups in total. The molecule has 0 fully saturated rings. The number of allylic oxidation sites excluding steroid dienone is 2. The van der Waals surface area contributed by atoms with Gasteiger partial charge in [0.15, 0.2) is 6.10 Å². The van der Waals surface area contributed by atoms with Crippen LogP contribution >= 0.6 is 0 Å². The second-order valence-electron chi connectivity index (χ2n) is 17.4. The van der Waals surface area contributed by atoms with Gasteiger partial charge in [-0.1, -0.05) is 180 Å². The van der Waals surface area contributed by atoms with Crippen LogP contribution in [0.3, 0.4) is 0 Å². The summed E-state index contributed by atoms with van der Waals surface area (Å²) in [4.78, 5) is 36.9. The first-order chi connectivity index (χ1) is 27.1. The average molecular weight is 794 g/mol. The number of hydrogen-bond donors (Lipinski definition) is 0. The van der Waals surface area contributed by atoms with Crippen LogP contribution in [0.25, 0.3) is 0 Å². The van der Waals surface area contributed by atoms with Crippen molar-refractivity contribution in [3.8, 4) is 0 Å². The predicted molar refractivity (Wildman–Crippen MR) is 231 cm³/mol. The third-order valence-electron chi connectivity index (χ3n) is 10.9. The summed E-state index contributed by atoms with van der Waals surface area (Å²) in [6.45, 7) is 4.68. The zero-order valence-corrected chi connectivity index (χ0v) is 37.6. The fraction of sp³-hybridized carbons (Fsp3) is 0.896. The molecular weight excluding hydrogens is 703 g/mol. The predicted octanol–water partition coefficient (Wildman–Crippen LogP) is 11.8. The first-order valence-corrected chi connectivity index (χ1v) is 23.7. The van der Waals surface area contributed by atoms with E-state index >= 15 is 0 Å². The highest BCUT2D eigenvalue weighted by molar-refractivity contribution is 5.70. The Bertz CT molecular complexity index is 931. The van der Waals surface area contributed by atoms with Crippen molar-refractivity contribution in [3.05, 3.63) is 12.2 Å². The Balaban J connectivity index is 4.25. The first-order valence-electron chi connectivity index (χ1n) is 23.7. The van der Waals surface area contributed by atoms with E-state index in [1.807, 2.05) is 0 Å². The van der Waals surface area contributed by atoms with Crippen LogP contribution < -0.4 is 5.11 Å². The molecule has 8 nitrogen and oxygen atoms in total. The number of quaternary nitrogens is 1. The lowest BCUT2D eigenvalue weighted by molar-refractivity contribution is -0.889. The molecule has 0 spiro atoms. The van der Waals surface area contributed by atoms with E-state index in [-0.39, 0.29) is 42.7 Å². The minimum absolute atomic E-state index is 0.0452. The van der Waals surface area contributed by atoms with Crippen LogP contribution in [0, 0.1) is 0 Å². The van der Waals surface area contributed by atoms with Crippen LogP contribution in [-0.2, 0) is 28.6 Å². The Labute approximate surface area is 346 Å². The number of rotatable bonds is 43. The van der Waals surface area contributed by atoms with Gasteiger partial charge in [0.1, 0.15) is 12.6 Å². The number of carbonyl (C=O) groups excluding carboxylic acids is 3. The van der Waals surface area contributed by atoms with Gasteiger partial charge in [-0.25, -0.2) is 0 Å². The van der Waals surface area contributed by atoms with E-state index in [1.54, 1.807) is 21.1 Å². The molecule has 0 saturated heterocycles. The van der Waals surface area contributed by atoms with Gasteiger partial charge in [-0.05, 0) is 38.5 Å². The van der Waals surface area contributed by atoms with Gasteiger partial charge in [-0.2, -0.15) is 0 Å². The molecule has 2 unspecified atom stereocenters. The minimum atomic E-state index is -1.12. The lowest BCUT2D eigenvalue weighted by Crippen LogP contribution is -2.55. The number of ether oxygens (including phenoxy) is 3. The maximum atomic E-state index is 12.7. The van der Waals surface area contributed by atoms with Gasteiger partial charge in [0.05, 0.1) is 40.3 Å². The van der Waals surface area contributed by atoms with Gasteiger partial charge in [0, 0.05) is 19.3 Å². The number of hydrogen-bond acceptors (Lipinski definition) is 7. The molecule has 330 valence electrons. The Kier molecular flexibility index (Phi) is 38.5. The number of esters is 2. The van der Waals surface area contributed by atoms with E-state index in [9.17, 15) is 19.5 Å². The standard InChI is InChI=1S/C48H91NO7/c1-6-8-10-12-14-16-18-20-21-22-23-24-25-27-28-30-32-34-36-38-46(50)55-43-44(42-54-41-40-45(48(52)53)49(3,4)5)56-47(51)39-37-35-33-31-29-26-19-17-15-13-11-9-7-2/h22-23,44-45H,6-21,24-43H2,1-5H3/b23-22+. The van der Waals surface area contributed by atoms with Crippen molar-refractivity contribution >= 4 is 17.9 Å². The average Bonchev–Trinajstić information content (AvgIpc) is 3.15. The van der Waals surface area contributed by atoms with E-state index in [0.717, 1.165) is 38.5 Å². The highest BCUT2D eigenvalue weighted by Gasteiger charge is 2.25. The molecule has 0 radical (unpaired) electrons. The normalized spacial score (nSPS) is 12.9. The van der Waals surface area contributed by atoms with Crippen molar-refractivity contribution in [3.63, 3.8) is 0 Å². The topological polar surface area (TPSA) is 102 Å². The zero-order chi connectivity index (χ0) is 41.4. The van der Waals surface area contributed by atoms with E-state index in [4.69, 9.17) is 14.2 Å². The smallest absolute Gasteiger partial charge is 0.306 e. The highest BCUT2D eigenvalue weighted by atomic mass is 16.6. The van der Waals surface area contributed by atoms with Crippen molar-refractivity contribution < 1.29 is 38.2 Å². The molecule has 0 aromatic carbocycles. The fourth-order valence-electron chi connectivity index (χ4n) is 7.18. The third kappa shape index (κ3) is 37.6. The van der Waals surface area contributed by atoms with Crippen molar-refractivity contribution in [2.45, 2.75) is 238 Å². The molecule has 0 aliphatic carbocycles. The van der Waals surface area contributed by atoms with Crippen molar-refractivity contribution in [2.24, 2.45) is 0 Å². The van der Waals surface area contributed by atoms with Crippen molar-refractivity contribution in [1.82, 2.24) is 0 Å². The maximum absolute atomic E-state index is 12.7. The summed E-state index contributed by atoms with van der Waals surface area (Å²) in [5.41, 5.74) is 0. The Morgan fingerprint density at radius 2 is 0.893 bits per heavy atom. The highest BCUT2D eigenvalue weighted by Crippen LogP contribution is 2.15. The SMILES string of the molecule is CCCCCCCCCC/C=C/CCCCCCCCCC(=O)OCC(COCCC(C(=O)[O-])[N+](C)(C)C)OC(=O)CCCCCCCCCCCCCCC. The van der Waals surface area contributed by atoms with Gasteiger partial charge in [-0.15, -0.1) is 0 Å². The van der Waals surface area contributed by atoms with Crippen molar-refractivity contribution in [2.75, 3.05) is 41.0 Å². The molecule has 0 amide bonds. The Hall–Kier alpha value is -1.93. The Morgan fingerprint density at radius 1 is 0.518 bits per heavy atom. The number of carbonyl (C=O) groups is 3. The van der Waals surface area contributed by atoms with E-state index in [2.05, 4.69) is 26.0 Å². The molecule has 0 heterocycles. The van der Waals surface area contributed by atoms with Gasteiger partial charge < -0.3 is 28.6 Å². The van der Waals surface area contributed by atoms with Crippen LogP contribution in [0.4, 0.5) is 0 Å². The maximum Gasteiger partial charge on any atom is 0.306 e. The monoisotopic (exact) mass is 794 g/mol. The number of aliphatic carboxylic acids is 1. The molecule has 0 aromatic heterocycles. The quantitative estimate of drug-likeness (QED) is 0.0262. The van der Waals surface area contributed by atoms with Gasteiger partial charge in [0.25, 0.3) is 0 Å². The largest absolute Gasteiger partial charge is 0.544 e. The minimum Gasteiger partial charge on any atom is -0.544 e. The molecule has 56 heavy (non-hydrogen) atoms. The van der Waals surface area contributed by atoms with E-state index < -0.39 is 18.1 Å². The van der Waals surface area contributed by atoms with Crippen LogP contribution in [0.1, 0.15) is 226 Å². The van der Waals surface area contributed by atoms with Crippen LogP contribution in [-0.4, -0.2) is 75.5 Å². The van der Waals surface area contributed by atoms with E-state index in [0.29, 0.717) is 12.8 Å². The number of unbranched alkanes of at least 4 members (excludes halogenated alkanes) is 27. The van der Waals surface area contributed by atoms with Gasteiger partial charge in [0.2, 0.25) is 0 Å². The molecule has 2 atom stereocenters. The van der Waals surface area contributed by atoms with Crippen LogP contribution in [0.2, 0.25) is 0 Å². The number of nitrogens with zero attached hydrogens (tertiary/aromatic N) is 1. The van der Waals surface area contributed by atoms with Gasteiger partial charge in [-0.3, -0.25) is 9.59 Å². The summed E-state index contributed by atoms with van der Waals surface area (Å²) >= 11 is 0. The summed E-state index contributed by atoms with van der Waals surface area (Å²) in [7, 11) is 5.42. The molecule has 0 aliphatic heterocycles. The summed E-state index contributed by atoms with van der Waals surface area (Å²) in [5, 5.41) is 11.6. The molecule has 0 aromatic rings. The molecule has 0 aliphatic rings. The van der Waals surface area contributed by atoms with Crippen LogP contribution in [0.5, 0.6) is 0 Å². The molecule has 0 saturated carbocycles. The number of carboxylic acid groups (broad SMARTS) is 1. The molecule has 0 rings (SSSR count). The number of likely N-dealkylation sites (N-methyl/N-ethyl adjacent to an activating group) is 1. The second-order valence-corrected chi connectivity index (χ2v) is 17.4. The zero-order valence-electron chi connectivity index (χ0n) is 37.6. The first kappa shape index (κ1) is 54.1. The molecule has 0 bridgehead atoms. The second kappa shape index (κ2) is 39.9. The molecular formula is C48H91NO7. The number of carboxylic acids is 1. The third-order valence-corrected chi connectivity index (χ3v) is 10.9. The fourth-order valence-corrected chi connectivity index (χ4v) is 7.18. The lowest BCUT2D eigenvalue weighted by atomic mass is 10.0. The van der Waals surface area contributed by atoms with Crippen molar-refractivity contribution in [1.29, 1.82) is 0 Å². The Morgan fingerprint density at radius 3 is 1.29 bits per heavy atom. The van der Waals surface area contributed by atoms with Gasteiger partial charge >= 0.3 is 11.9 Å². The summed E-state index contributed by atoms with van der Waals surface area (Å²) in [6, 6.07) is -0.722. The van der Waals surface area contributed by atoms with E-state index in [1.165, 1.54) is 154 Å². The lowest BCUT2D eigenvalue weighted by Gasteiger charge is -2.34.